The Balaban J connectivity index is 1.53. The van der Waals surface area contributed by atoms with Gasteiger partial charge in [-0.2, -0.15) is 5.10 Å². The first-order chi connectivity index (χ1) is 13.4. The normalized spacial score (nSPS) is 11.0. The molecule has 7 heteroatoms. The van der Waals surface area contributed by atoms with Gasteiger partial charge in [0.05, 0.1) is 11.2 Å². The maximum absolute atomic E-state index is 11.9. The number of ether oxygens (including phenoxy) is 1. The van der Waals surface area contributed by atoms with Crippen molar-refractivity contribution in [3.8, 4) is 17.1 Å². The molecule has 0 atom stereocenters. The lowest BCUT2D eigenvalue weighted by Crippen LogP contribution is -2.24. The van der Waals surface area contributed by atoms with E-state index in [2.05, 4.69) is 10.5 Å². The predicted molar refractivity (Wildman–Crippen MR) is 111 cm³/mol. The summed E-state index contributed by atoms with van der Waals surface area (Å²) in [4.78, 5) is 11.9. The Morgan fingerprint density at radius 1 is 1.11 bits per heavy atom. The average molecular weight is 417 g/mol. The number of nitrogens with one attached hydrogen (secondary N) is 1. The van der Waals surface area contributed by atoms with Gasteiger partial charge in [-0.15, -0.1) is 0 Å². The van der Waals surface area contributed by atoms with Crippen molar-refractivity contribution in [3.63, 3.8) is 0 Å². The number of carbonyl (C=O) groups excluding carboxylic acids is 1. The smallest absolute Gasteiger partial charge is 0.277 e. The van der Waals surface area contributed by atoms with E-state index in [-0.39, 0.29) is 12.5 Å². The van der Waals surface area contributed by atoms with Crippen LogP contribution in [0.25, 0.3) is 11.3 Å². The van der Waals surface area contributed by atoms with Crippen molar-refractivity contribution in [1.29, 1.82) is 0 Å². The van der Waals surface area contributed by atoms with E-state index in [1.54, 1.807) is 30.3 Å². The van der Waals surface area contributed by atoms with Gasteiger partial charge in [0.1, 0.15) is 17.3 Å². The first kappa shape index (κ1) is 20.0. The number of aryl methyl sites for hydroxylation is 2. The standard InChI is InChI=1S/C21H18Cl2N2O3/c1-13-3-5-16(9-14(13)2)27-12-21(26)25-24-11-17-6-8-20(28-17)18-7-4-15(22)10-19(18)23/h3-11H,12H2,1-2H3,(H,25,26)/b24-11+. The summed E-state index contributed by atoms with van der Waals surface area (Å²) in [7, 11) is 0. The van der Waals surface area contributed by atoms with Crippen molar-refractivity contribution in [1.82, 2.24) is 5.43 Å². The van der Waals surface area contributed by atoms with Gasteiger partial charge in [-0.25, -0.2) is 5.43 Å². The summed E-state index contributed by atoms with van der Waals surface area (Å²) in [6.45, 7) is 3.87. The van der Waals surface area contributed by atoms with Crippen LogP contribution in [0.4, 0.5) is 0 Å². The van der Waals surface area contributed by atoms with Crippen LogP contribution >= 0.6 is 23.2 Å². The molecule has 3 aromatic rings. The molecule has 1 N–H and O–H groups in total. The zero-order valence-corrected chi connectivity index (χ0v) is 16.8. The quantitative estimate of drug-likeness (QED) is 0.432. The summed E-state index contributed by atoms with van der Waals surface area (Å²) in [5.41, 5.74) is 5.38. The predicted octanol–water partition coefficient (Wildman–Crippen LogP) is 5.40. The molecule has 1 aromatic heterocycles. The number of nitrogens with zero attached hydrogens (tertiary/aromatic N) is 1. The van der Waals surface area contributed by atoms with Crippen LogP contribution in [0.2, 0.25) is 10.0 Å². The molecule has 0 aliphatic rings. The molecule has 0 radical (unpaired) electrons. The molecule has 0 unspecified atom stereocenters. The van der Waals surface area contributed by atoms with Crippen LogP contribution in [0.1, 0.15) is 16.9 Å². The molecule has 3 rings (SSSR count). The van der Waals surface area contributed by atoms with E-state index in [0.29, 0.717) is 27.3 Å². The topological polar surface area (TPSA) is 63.8 Å². The van der Waals surface area contributed by atoms with Gasteiger partial charge in [0.15, 0.2) is 6.61 Å². The summed E-state index contributed by atoms with van der Waals surface area (Å²) in [6, 6.07) is 14.3. The minimum absolute atomic E-state index is 0.135. The number of hydrazone groups is 1. The highest BCUT2D eigenvalue weighted by Gasteiger charge is 2.09. The third-order valence-corrected chi connectivity index (χ3v) is 4.60. The van der Waals surface area contributed by atoms with E-state index in [0.717, 1.165) is 11.1 Å². The number of halogens is 2. The number of carbonyl (C=O) groups is 1. The Kier molecular flexibility index (Phi) is 6.39. The fourth-order valence-electron chi connectivity index (χ4n) is 2.41. The van der Waals surface area contributed by atoms with Gasteiger partial charge in [-0.05, 0) is 67.4 Å². The van der Waals surface area contributed by atoms with Crippen molar-refractivity contribution >= 4 is 35.3 Å². The molecule has 0 fully saturated rings. The molecule has 0 spiro atoms. The van der Waals surface area contributed by atoms with E-state index in [1.165, 1.54) is 11.8 Å². The summed E-state index contributed by atoms with van der Waals surface area (Å²) in [6.07, 6.45) is 1.40. The Morgan fingerprint density at radius 2 is 1.93 bits per heavy atom. The van der Waals surface area contributed by atoms with Gasteiger partial charge in [-0.3, -0.25) is 4.79 Å². The van der Waals surface area contributed by atoms with Crippen molar-refractivity contribution in [2.24, 2.45) is 5.10 Å². The van der Waals surface area contributed by atoms with Crippen LogP contribution in [-0.2, 0) is 4.79 Å². The maximum Gasteiger partial charge on any atom is 0.277 e. The first-order valence-corrected chi connectivity index (χ1v) is 9.25. The molecule has 144 valence electrons. The minimum atomic E-state index is -0.373. The van der Waals surface area contributed by atoms with Gasteiger partial charge in [0, 0.05) is 10.6 Å². The summed E-state index contributed by atoms with van der Waals surface area (Å²) in [5.74, 6) is 1.31. The molecule has 0 saturated carbocycles. The zero-order valence-electron chi connectivity index (χ0n) is 15.3. The van der Waals surface area contributed by atoms with Crippen LogP contribution in [-0.4, -0.2) is 18.7 Å². The van der Waals surface area contributed by atoms with Crippen molar-refractivity contribution < 1.29 is 13.9 Å². The maximum atomic E-state index is 11.9. The van der Waals surface area contributed by atoms with Gasteiger partial charge in [0.2, 0.25) is 0 Å². The number of hydrogen-bond acceptors (Lipinski definition) is 4. The van der Waals surface area contributed by atoms with Gasteiger partial charge < -0.3 is 9.15 Å². The Hall–Kier alpha value is -2.76. The summed E-state index contributed by atoms with van der Waals surface area (Å²) in [5, 5.41) is 4.91. The molecule has 0 aliphatic heterocycles. The van der Waals surface area contributed by atoms with Gasteiger partial charge in [0.25, 0.3) is 5.91 Å². The van der Waals surface area contributed by atoms with Crippen LogP contribution < -0.4 is 10.2 Å². The second kappa shape index (κ2) is 8.95. The molecular weight excluding hydrogens is 399 g/mol. The molecule has 5 nitrogen and oxygen atoms in total. The average Bonchev–Trinajstić information content (AvgIpc) is 3.11. The number of benzene rings is 2. The highest BCUT2D eigenvalue weighted by molar-refractivity contribution is 6.36. The largest absolute Gasteiger partial charge is 0.484 e. The monoisotopic (exact) mass is 416 g/mol. The van der Waals surface area contributed by atoms with Crippen LogP contribution in [0, 0.1) is 13.8 Å². The van der Waals surface area contributed by atoms with Gasteiger partial charge >= 0.3 is 0 Å². The fraction of sp³-hybridized carbons (Fsp3) is 0.143. The lowest BCUT2D eigenvalue weighted by molar-refractivity contribution is -0.123. The SMILES string of the molecule is Cc1ccc(OCC(=O)N/N=C/c2ccc(-c3ccc(Cl)cc3Cl)o2)cc1C. The van der Waals surface area contributed by atoms with E-state index >= 15 is 0 Å². The van der Waals surface area contributed by atoms with E-state index in [1.807, 2.05) is 32.0 Å². The second-order valence-corrected chi connectivity index (χ2v) is 7.00. The van der Waals surface area contributed by atoms with E-state index in [4.69, 9.17) is 32.4 Å². The number of hydrogen-bond donors (Lipinski definition) is 1. The highest BCUT2D eigenvalue weighted by atomic mass is 35.5. The van der Waals surface area contributed by atoms with E-state index < -0.39 is 0 Å². The first-order valence-electron chi connectivity index (χ1n) is 8.49. The lowest BCUT2D eigenvalue weighted by Gasteiger charge is -2.07. The number of amides is 1. The van der Waals surface area contributed by atoms with Crippen molar-refractivity contribution in [2.45, 2.75) is 13.8 Å². The number of rotatable bonds is 6. The summed E-state index contributed by atoms with van der Waals surface area (Å²) < 4.78 is 11.1. The third-order valence-electron chi connectivity index (χ3n) is 4.05. The van der Waals surface area contributed by atoms with Crippen LogP contribution in [0.3, 0.4) is 0 Å². The molecule has 0 aliphatic carbocycles. The molecule has 1 amide bonds. The molecule has 2 aromatic carbocycles. The Bertz CT molecular complexity index is 1030. The molecule has 1 heterocycles. The molecular formula is C21H18Cl2N2O3. The van der Waals surface area contributed by atoms with Gasteiger partial charge in [-0.1, -0.05) is 29.3 Å². The zero-order chi connectivity index (χ0) is 20.1. The highest BCUT2D eigenvalue weighted by Crippen LogP contribution is 2.31. The second-order valence-electron chi connectivity index (χ2n) is 6.15. The number of furan rings is 1. The van der Waals surface area contributed by atoms with Crippen LogP contribution in [0.5, 0.6) is 5.75 Å². The minimum Gasteiger partial charge on any atom is -0.484 e. The molecule has 0 bridgehead atoms. The van der Waals surface area contributed by atoms with Crippen LogP contribution in [0.15, 0.2) is 58.0 Å². The van der Waals surface area contributed by atoms with E-state index in [9.17, 15) is 4.79 Å². The molecule has 0 saturated heterocycles. The Morgan fingerprint density at radius 3 is 2.68 bits per heavy atom. The fourth-order valence-corrected chi connectivity index (χ4v) is 2.91. The lowest BCUT2D eigenvalue weighted by atomic mass is 10.1. The van der Waals surface area contributed by atoms with Crippen molar-refractivity contribution in [2.75, 3.05) is 6.61 Å². The summed E-state index contributed by atoms with van der Waals surface area (Å²) >= 11 is 12.1. The Labute approximate surface area is 172 Å². The van der Waals surface area contributed by atoms with Crippen molar-refractivity contribution in [3.05, 3.63) is 75.5 Å². The molecule has 28 heavy (non-hydrogen) atoms. The third kappa shape index (κ3) is 5.15.